The topological polar surface area (TPSA) is 78.4 Å². The van der Waals surface area contributed by atoms with Crippen molar-refractivity contribution in [3.63, 3.8) is 0 Å². The summed E-state index contributed by atoms with van der Waals surface area (Å²) in [5.41, 5.74) is 7.46. The molecule has 1 unspecified atom stereocenters. The van der Waals surface area contributed by atoms with Crippen LogP contribution in [0.15, 0.2) is 40.9 Å². The first-order chi connectivity index (χ1) is 9.70. The van der Waals surface area contributed by atoms with Crippen LogP contribution in [-0.4, -0.2) is 30.0 Å². The number of benzene rings is 1. The molecule has 0 spiro atoms. The van der Waals surface area contributed by atoms with Crippen LogP contribution in [-0.2, 0) is 15.3 Å². The van der Waals surface area contributed by atoms with Crippen molar-refractivity contribution in [1.82, 2.24) is 5.16 Å². The predicted molar refractivity (Wildman–Crippen MR) is 78.1 cm³/mol. The molecular weight excluding hydrogens is 276 g/mol. The molecule has 0 saturated heterocycles. The van der Waals surface area contributed by atoms with E-state index in [4.69, 9.17) is 10.3 Å². The van der Waals surface area contributed by atoms with Crippen LogP contribution in [0, 0.1) is 0 Å². The van der Waals surface area contributed by atoms with Gasteiger partial charge in [-0.25, -0.2) is 0 Å². The molecule has 2 aromatic rings. The van der Waals surface area contributed by atoms with Gasteiger partial charge in [0.15, 0.2) is 5.76 Å². The lowest BCUT2D eigenvalue weighted by Gasteiger charge is -2.07. The largest absolute Gasteiger partial charge is 0.468 e. The van der Waals surface area contributed by atoms with Crippen molar-refractivity contribution in [2.75, 3.05) is 12.9 Å². The van der Waals surface area contributed by atoms with Crippen molar-refractivity contribution in [1.29, 1.82) is 0 Å². The number of aromatic nitrogens is 1. The molecule has 0 bridgehead atoms. The third kappa shape index (κ3) is 3.85. The minimum Gasteiger partial charge on any atom is -0.468 e. The highest BCUT2D eigenvalue weighted by Gasteiger charge is 2.14. The number of carbonyl (C=O) groups is 1. The summed E-state index contributed by atoms with van der Waals surface area (Å²) in [6.45, 7) is 0. The van der Waals surface area contributed by atoms with Crippen molar-refractivity contribution in [3.05, 3.63) is 42.1 Å². The van der Waals surface area contributed by atoms with E-state index in [0.717, 1.165) is 17.0 Å². The zero-order valence-corrected chi connectivity index (χ0v) is 11.9. The van der Waals surface area contributed by atoms with Crippen LogP contribution in [0.4, 0.5) is 0 Å². The Morgan fingerprint density at radius 2 is 2.20 bits per heavy atom. The third-order valence-corrected chi connectivity index (χ3v) is 3.76. The molecular formula is C14H16N2O3S. The van der Waals surface area contributed by atoms with Gasteiger partial charge in [0.25, 0.3) is 0 Å². The van der Waals surface area contributed by atoms with Crippen LogP contribution in [0.5, 0.6) is 0 Å². The molecule has 0 fully saturated rings. The van der Waals surface area contributed by atoms with Crippen molar-refractivity contribution in [3.8, 4) is 11.3 Å². The van der Waals surface area contributed by atoms with E-state index in [2.05, 4.69) is 9.89 Å². The molecule has 2 rings (SSSR count). The predicted octanol–water partition coefficient (Wildman–Crippen LogP) is 2.08. The maximum absolute atomic E-state index is 11.1. The van der Waals surface area contributed by atoms with Crippen molar-refractivity contribution < 1.29 is 14.1 Å². The van der Waals surface area contributed by atoms with Crippen LogP contribution < -0.4 is 5.73 Å². The maximum Gasteiger partial charge on any atom is 0.323 e. The monoisotopic (exact) mass is 292 g/mol. The van der Waals surface area contributed by atoms with Gasteiger partial charge in [0, 0.05) is 23.1 Å². The fourth-order valence-corrected chi connectivity index (χ4v) is 2.48. The molecule has 0 aliphatic rings. The van der Waals surface area contributed by atoms with Crippen LogP contribution in [0.25, 0.3) is 11.3 Å². The van der Waals surface area contributed by atoms with E-state index >= 15 is 0 Å². The average molecular weight is 292 g/mol. The highest BCUT2D eigenvalue weighted by molar-refractivity contribution is 7.98. The summed E-state index contributed by atoms with van der Waals surface area (Å²) in [6, 6.07) is 11.1. The minimum absolute atomic E-state index is 0.400. The number of ether oxygens (including phenoxy) is 1. The third-order valence-electron chi connectivity index (χ3n) is 2.67. The highest BCUT2D eigenvalue weighted by Crippen LogP contribution is 2.22. The van der Waals surface area contributed by atoms with Gasteiger partial charge in [-0.3, -0.25) is 4.79 Å². The molecule has 0 aliphatic carbocycles. The molecule has 20 heavy (non-hydrogen) atoms. The van der Waals surface area contributed by atoms with E-state index in [-0.39, 0.29) is 0 Å². The van der Waals surface area contributed by atoms with Crippen LogP contribution in [0.1, 0.15) is 5.69 Å². The summed E-state index contributed by atoms with van der Waals surface area (Å²) < 4.78 is 9.86. The van der Waals surface area contributed by atoms with Gasteiger partial charge in [-0.1, -0.05) is 35.5 Å². The Morgan fingerprint density at radius 1 is 1.45 bits per heavy atom. The summed E-state index contributed by atoms with van der Waals surface area (Å²) in [6.07, 6.45) is 0. The van der Waals surface area contributed by atoms with Crippen LogP contribution in [0.2, 0.25) is 0 Å². The normalized spacial score (nSPS) is 12.1. The summed E-state index contributed by atoms with van der Waals surface area (Å²) in [5, 5.41) is 4.00. The summed E-state index contributed by atoms with van der Waals surface area (Å²) in [4.78, 5) is 11.1. The van der Waals surface area contributed by atoms with E-state index < -0.39 is 12.0 Å². The van der Waals surface area contributed by atoms with Gasteiger partial charge < -0.3 is 15.0 Å². The number of hydrogen-bond acceptors (Lipinski definition) is 6. The number of hydrogen-bond donors (Lipinski definition) is 1. The minimum atomic E-state index is -0.606. The molecule has 0 saturated carbocycles. The Balaban J connectivity index is 1.86. The van der Waals surface area contributed by atoms with Crippen molar-refractivity contribution in [2.45, 2.75) is 11.8 Å². The molecule has 6 heteroatoms. The number of nitrogens with zero attached hydrogens (tertiary/aromatic N) is 1. The summed E-state index contributed by atoms with van der Waals surface area (Å²) in [5.74, 6) is 1.46. The molecule has 5 nitrogen and oxygen atoms in total. The number of nitrogens with two attached hydrogens (primary N) is 1. The lowest BCUT2D eigenvalue weighted by molar-refractivity contribution is -0.141. The molecule has 1 atom stereocenters. The quantitative estimate of drug-likeness (QED) is 0.821. The van der Waals surface area contributed by atoms with E-state index in [1.807, 2.05) is 36.4 Å². The molecule has 0 radical (unpaired) electrons. The first-order valence-corrected chi connectivity index (χ1v) is 7.28. The zero-order valence-electron chi connectivity index (χ0n) is 11.1. The van der Waals surface area contributed by atoms with Crippen molar-refractivity contribution in [2.24, 2.45) is 5.73 Å². The molecule has 0 amide bonds. The average Bonchev–Trinajstić information content (AvgIpc) is 2.96. The Bertz CT molecular complexity index is 557. The van der Waals surface area contributed by atoms with Gasteiger partial charge in [0.05, 0.1) is 12.8 Å². The van der Waals surface area contributed by atoms with Gasteiger partial charge >= 0.3 is 5.97 Å². The first-order valence-electron chi connectivity index (χ1n) is 6.13. The van der Waals surface area contributed by atoms with Gasteiger partial charge in [0.2, 0.25) is 0 Å². The molecule has 0 aliphatic heterocycles. The molecule has 2 N–H and O–H groups in total. The molecule has 106 valence electrons. The SMILES string of the molecule is COC(=O)C(N)CSCc1cc(-c2ccccc2)on1. The second-order valence-electron chi connectivity index (χ2n) is 4.19. The van der Waals surface area contributed by atoms with E-state index in [1.54, 1.807) is 0 Å². The van der Waals surface area contributed by atoms with Gasteiger partial charge in [0.1, 0.15) is 6.04 Å². The molecule has 1 aromatic carbocycles. The smallest absolute Gasteiger partial charge is 0.323 e. The van der Waals surface area contributed by atoms with Crippen LogP contribution >= 0.6 is 11.8 Å². The summed E-state index contributed by atoms with van der Waals surface area (Å²) in [7, 11) is 1.33. The molecule has 1 heterocycles. The van der Waals surface area contributed by atoms with E-state index in [0.29, 0.717) is 11.5 Å². The van der Waals surface area contributed by atoms with E-state index in [1.165, 1.54) is 18.9 Å². The van der Waals surface area contributed by atoms with Gasteiger partial charge in [-0.05, 0) is 0 Å². The number of rotatable bonds is 6. The number of esters is 1. The van der Waals surface area contributed by atoms with Gasteiger partial charge in [-0.2, -0.15) is 11.8 Å². The second-order valence-corrected chi connectivity index (χ2v) is 5.22. The summed E-state index contributed by atoms with van der Waals surface area (Å²) >= 11 is 1.52. The second kappa shape index (κ2) is 7.12. The standard InChI is InChI=1S/C14H16N2O3S/c1-18-14(17)12(15)9-20-8-11-7-13(19-16-11)10-5-3-2-4-6-10/h2-7,12H,8-9,15H2,1H3. The lowest BCUT2D eigenvalue weighted by Crippen LogP contribution is -2.33. The molecule has 1 aromatic heterocycles. The van der Waals surface area contributed by atoms with Crippen LogP contribution in [0.3, 0.4) is 0 Å². The Kier molecular flexibility index (Phi) is 5.20. The zero-order chi connectivity index (χ0) is 14.4. The maximum atomic E-state index is 11.1. The Hall–Kier alpha value is -1.79. The van der Waals surface area contributed by atoms with Crippen molar-refractivity contribution >= 4 is 17.7 Å². The Morgan fingerprint density at radius 3 is 2.90 bits per heavy atom. The lowest BCUT2D eigenvalue weighted by atomic mass is 10.2. The van der Waals surface area contributed by atoms with E-state index in [9.17, 15) is 4.79 Å². The number of methoxy groups -OCH3 is 1. The van der Waals surface area contributed by atoms with Gasteiger partial charge in [-0.15, -0.1) is 0 Å². The highest BCUT2D eigenvalue weighted by atomic mass is 32.2. The Labute approximate surface area is 121 Å². The number of carbonyl (C=O) groups excluding carboxylic acids is 1. The number of thioether (sulfide) groups is 1. The fraction of sp³-hybridized carbons (Fsp3) is 0.286. The fourth-order valence-electron chi connectivity index (χ4n) is 1.63. The first kappa shape index (κ1) is 14.6.